The standard InChI is InChI=1S/C18H17ClN4O4/c1-25-15-8-13-14(9-16(15)26-6-5-19)21-10-22-17(13)27-12-4-2-3-11(7-12)23-18(20)24/h2-4,7-10H,5-6H2,1H3,(H3,20,23,24). The van der Waals surface area contributed by atoms with Crippen molar-refractivity contribution in [1.29, 1.82) is 0 Å². The molecule has 3 rings (SSSR count). The SMILES string of the molecule is COc1cc2c(Oc3cccc(NC(N)=O)c3)ncnc2cc1OCCCl. The summed E-state index contributed by atoms with van der Waals surface area (Å²) in [7, 11) is 1.54. The summed E-state index contributed by atoms with van der Waals surface area (Å²) in [6.45, 7) is 0.345. The Morgan fingerprint density at radius 1 is 1.22 bits per heavy atom. The van der Waals surface area contributed by atoms with Crippen molar-refractivity contribution in [3.05, 3.63) is 42.7 Å². The Morgan fingerprint density at radius 2 is 2.07 bits per heavy atom. The Kier molecular flexibility index (Phi) is 5.77. The number of primary amides is 1. The molecule has 0 radical (unpaired) electrons. The molecule has 0 aliphatic rings. The van der Waals surface area contributed by atoms with Gasteiger partial charge in [-0.2, -0.15) is 0 Å². The zero-order chi connectivity index (χ0) is 19.2. The van der Waals surface area contributed by atoms with Crippen LogP contribution in [0.3, 0.4) is 0 Å². The molecule has 0 spiro atoms. The highest BCUT2D eigenvalue weighted by Crippen LogP contribution is 2.36. The molecule has 27 heavy (non-hydrogen) atoms. The largest absolute Gasteiger partial charge is 0.493 e. The van der Waals surface area contributed by atoms with Crippen LogP contribution in [-0.2, 0) is 0 Å². The number of carbonyl (C=O) groups is 1. The third-order valence-electron chi connectivity index (χ3n) is 3.53. The molecule has 0 bridgehead atoms. The Morgan fingerprint density at radius 3 is 2.81 bits per heavy atom. The number of nitrogens with two attached hydrogens (primary N) is 1. The molecule has 9 heteroatoms. The fourth-order valence-corrected chi connectivity index (χ4v) is 2.51. The number of benzene rings is 2. The molecule has 0 saturated carbocycles. The van der Waals surface area contributed by atoms with Gasteiger partial charge in [-0.05, 0) is 18.2 Å². The molecule has 3 N–H and O–H groups in total. The number of alkyl halides is 1. The number of aromatic nitrogens is 2. The quantitative estimate of drug-likeness (QED) is 0.599. The van der Waals surface area contributed by atoms with Gasteiger partial charge in [-0.15, -0.1) is 11.6 Å². The summed E-state index contributed by atoms with van der Waals surface area (Å²) in [6, 6.07) is 9.60. The van der Waals surface area contributed by atoms with Gasteiger partial charge in [0.25, 0.3) is 0 Å². The van der Waals surface area contributed by atoms with Gasteiger partial charge in [0.2, 0.25) is 5.88 Å². The van der Waals surface area contributed by atoms with Crippen molar-refractivity contribution in [3.8, 4) is 23.1 Å². The lowest BCUT2D eigenvalue weighted by Crippen LogP contribution is -2.19. The van der Waals surface area contributed by atoms with E-state index in [0.29, 0.717) is 52.2 Å². The van der Waals surface area contributed by atoms with E-state index in [-0.39, 0.29) is 0 Å². The van der Waals surface area contributed by atoms with Crippen molar-refractivity contribution in [2.24, 2.45) is 5.73 Å². The maximum atomic E-state index is 11.0. The molecule has 0 unspecified atom stereocenters. The van der Waals surface area contributed by atoms with Crippen LogP contribution < -0.4 is 25.3 Å². The van der Waals surface area contributed by atoms with Crippen molar-refractivity contribution in [1.82, 2.24) is 9.97 Å². The number of hydrogen-bond donors (Lipinski definition) is 2. The number of halogens is 1. The van der Waals surface area contributed by atoms with Crippen LogP contribution in [0.15, 0.2) is 42.7 Å². The van der Waals surface area contributed by atoms with Crippen LogP contribution >= 0.6 is 11.6 Å². The number of nitrogens with zero attached hydrogens (tertiary/aromatic N) is 2. The summed E-state index contributed by atoms with van der Waals surface area (Å²) in [5, 5.41) is 3.13. The van der Waals surface area contributed by atoms with Crippen LogP contribution in [0, 0.1) is 0 Å². The lowest BCUT2D eigenvalue weighted by molar-refractivity contribution is 0.259. The second-order valence-corrected chi connectivity index (χ2v) is 5.73. The van der Waals surface area contributed by atoms with Crippen molar-refractivity contribution in [2.45, 2.75) is 0 Å². The number of nitrogens with one attached hydrogen (secondary N) is 1. The van der Waals surface area contributed by atoms with Crippen LogP contribution in [0.4, 0.5) is 10.5 Å². The maximum absolute atomic E-state index is 11.0. The van der Waals surface area contributed by atoms with Crippen molar-refractivity contribution in [3.63, 3.8) is 0 Å². The Bertz CT molecular complexity index is 967. The Hall–Kier alpha value is -3.26. The number of anilines is 1. The molecular formula is C18H17ClN4O4. The first kappa shape index (κ1) is 18.5. The monoisotopic (exact) mass is 388 g/mol. The topological polar surface area (TPSA) is 109 Å². The first-order chi connectivity index (χ1) is 13.1. The molecule has 2 amide bonds. The third-order valence-corrected chi connectivity index (χ3v) is 3.69. The van der Waals surface area contributed by atoms with Crippen molar-refractivity contribution in [2.75, 3.05) is 24.9 Å². The van der Waals surface area contributed by atoms with E-state index in [1.807, 2.05) is 0 Å². The molecule has 0 fully saturated rings. The highest BCUT2D eigenvalue weighted by Gasteiger charge is 2.13. The summed E-state index contributed by atoms with van der Waals surface area (Å²) in [5.74, 6) is 2.20. The van der Waals surface area contributed by atoms with Gasteiger partial charge in [-0.3, -0.25) is 0 Å². The zero-order valence-corrected chi connectivity index (χ0v) is 15.2. The summed E-state index contributed by atoms with van der Waals surface area (Å²) < 4.78 is 16.8. The summed E-state index contributed by atoms with van der Waals surface area (Å²) >= 11 is 5.68. The van der Waals surface area contributed by atoms with Crippen LogP contribution in [0.25, 0.3) is 10.9 Å². The molecule has 0 saturated heterocycles. The lowest BCUT2D eigenvalue weighted by atomic mass is 10.2. The van der Waals surface area contributed by atoms with E-state index in [1.165, 1.54) is 13.4 Å². The zero-order valence-electron chi connectivity index (χ0n) is 14.4. The molecule has 0 aliphatic heterocycles. The maximum Gasteiger partial charge on any atom is 0.316 e. The normalized spacial score (nSPS) is 10.4. The number of fused-ring (bicyclic) bond motifs is 1. The van der Waals surface area contributed by atoms with Gasteiger partial charge < -0.3 is 25.3 Å². The van der Waals surface area contributed by atoms with Gasteiger partial charge >= 0.3 is 6.03 Å². The van der Waals surface area contributed by atoms with E-state index in [4.69, 9.17) is 31.5 Å². The minimum Gasteiger partial charge on any atom is -0.493 e. The van der Waals surface area contributed by atoms with Gasteiger partial charge in [0.1, 0.15) is 18.7 Å². The van der Waals surface area contributed by atoms with Crippen molar-refractivity contribution >= 4 is 34.2 Å². The molecule has 1 heterocycles. The summed E-state index contributed by atoms with van der Waals surface area (Å²) in [6.07, 6.45) is 1.39. The third kappa shape index (κ3) is 4.48. The molecule has 2 aromatic carbocycles. The minimum atomic E-state index is -0.658. The fourth-order valence-electron chi connectivity index (χ4n) is 2.43. The van der Waals surface area contributed by atoms with Gasteiger partial charge in [0.15, 0.2) is 11.5 Å². The molecule has 1 aromatic heterocycles. The Balaban J connectivity index is 1.96. The van der Waals surface area contributed by atoms with E-state index in [9.17, 15) is 4.79 Å². The molecule has 0 atom stereocenters. The van der Waals surface area contributed by atoms with Crippen molar-refractivity contribution < 1.29 is 19.0 Å². The van der Waals surface area contributed by atoms with Gasteiger partial charge in [-0.1, -0.05) is 6.07 Å². The van der Waals surface area contributed by atoms with Gasteiger partial charge in [-0.25, -0.2) is 14.8 Å². The second-order valence-electron chi connectivity index (χ2n) is 5.36. The number of ether oxygens (including phenoxy) is 3. The first-order valence-corrected chi connectivity index (χ1v) is 8.50. The number of hydrogen-bond acceptors (Lipinski definition) is 6. The number of urea groups is 1. The van der Waals surface area contributed by atoms with E-state index in [0.717, 1.165) is 0 Å². The smallest absolute Gasteiger partial charge is 0.316 e. The van der Waals surface area contributed by atoms with Crippen LogP contribution in [0.2, 0.25) is 0 Å². The molecule has 140 valence electrons. The first-order valence-electron chi connectivity index (χ1n) is 7.96. The summed E-state index contributed by atoms with van der Waals surface area (Å²) in [4.78, 5) is 19.5. The predicted molar refractivity (Wildman–Crippen MR) is 102 cm³/mol. The van der Waals surface area contributed by atoms with E-state index < -0.39 is 6.03 Å². The number of rotatable bonds is 7. The van der Waals surface area contributed by atoms with Crippen LogP contribution in [0.1, 0.15) is 0 Å². The molecular weight excluding hydrogens is 372 g/mol. The molecule has 3 aromatic rings. The highest BCUT2D eigenvalue weighted by atomic mass is 35.5. The lowest BCUT2D eigenvalue weighted by Gasteiger charge is -2.13. The van der Waals surface area contributed by atoms with Gasteiger partial charge in [0, 0.05) is 17.8 Å². The number of methoxy groups -OCH3 is 1. The highest BCUT2D eigenvalue weighted by molar-refractivity contribution is 6.18. The van der Waals surface area contributed by atoms with E-state index in [1.54, 1.807) is 36.4 Å². The molecule has 8 nitrogen and oxygen atoms in total. The Labute approximate surface area is 160 Å². The fraction of sp³-hybridized carbons (Fsp3) is 0.167. The predicted octanol–water partition coefficient (Wildman–Crippen LogP) is 3.54. The van der Waals surface area contributed by atoms with Crippen LogP contribution in [-0.4, -0.2) is 35.6 Å². The molecule has 0 aliphatic carbocycles. The minimum absolute atomic E-state index is 0.332. The summed E-state index contributed by atoms with van der Waals surface area (Å²) in [5.41, 5.74) is 6.27. The van der Waals surface area contributed by atoms with Gasteiger partial charge in [0.05, 0.1) is 23.9 Å². The average molecular weight is 389 g/mol. The van der Waals surface area contributed by atoms with E-state index >= 15 is 0 Å². The number of amides is 2. The number of carbonyl (C=O) groups excluding carboxylic acids is 1. The second kappa shape index (κ2) is 8.41. The van der Waals surface area contributed by atoms with E-state index in [2.05, 4.69) is 15.3 Å². The van der Waals surface area contributed by atoms with Crippen LogP contribution in [0.5, 0.6) is 23.1 Å². The average Bonchev–Trinajstić information content (AvgIpc) is 2.65.